The average Bonchev–Trinajstić information content (AvgIpc) is 3.65. The minimum Gasteiger partial charge on any atom is -0.446 e. The van der Waals surface area contributed by atoms with E-state index in [9.17, 15) is 4.79 Å². The lowest BCUT2D eigenvalue weighted by atomic mass is 10.1. The van der Waals surface area contributed by atoms with Gasteiger partial charge in [-0.25, -0.2) is 14.8 Å². The van der Waals surface area contributed by atoms with Crippen molar-refractivity contribution in [2.24, 2.45) is 5.92 Å². The van der Waals surface area contributed by atoms with Crippen LogP contribution in [0.3, 0.4) is 0 Å². The highest BCUT2D eigenvalue weighted by atomic mass is 16.6. The van der Waals surface area contributed by atoms with Gasteiger partial charge in [0.2, 0.25) is 0 Å². The number of benzene rings is 2. The van der Waals surface area contributed by atoms with Gasteiger partial charge in [-0.05, 0) is 62.9 Å². The van der Waals surface area contributed by atoms with E-state index in [1.165, 1.54) is 0 Å². The summed E-state index contributed by atoms with van der Waals surface area (Å²) in [5, 5.41) is 3.75. The fraction of sp³-hybridized carbons (Fsp3) is 0.269. The van der Waals surface area contributed by atoms with Crippen LogP contribution in [-0.2, 0) is 11.3 Å². The molecule has 1 fully saturated rings. The van der Waals surface area contributed by atoms with Crippen LogP contribution in [0.15, 0.2) is 60.9 Å². The smallest absolute Gasteiger partial charge is 0.411 e. The largest absolute Gasteiger partial charge is 0.446 e. The summed E-state index contributed by atoms with van der Waals surface area (Å²) in [5.41, 5.74) is 10.8. The maximum Gasteiger partial charge on any atom is 0.411 e. The Morgan fingerprint density at radius 1 is 1.18 bits per heavy atom. The molecule has 2 aromatic carbocycles. The number of carbonyl (C=O) groups excluding carboxylic acids is 1. The molecule has 0 radical (unpaired) electrons. The van der Waals surface area contributed by atoms with Crippen LogP contribution < -0.4 is 15.8 Å². The molecular weight excluding hydrogens is 430 g/mol. The zero-order chi connectivity index (χ0) is 23.7. The number of nitrogens with one attached hydrogen (secondary N) is 1. The summed E-state index contributed by atoms with van der Waals surface area (Å²) in [6.07, 6.45) is 5.05. The summed E-state index contributed by atoms with van der Waals surface area (Å²) in [7, 11) is 0. The molecule has 174 valence electrons. The summed E-state index contributed by atoms with van der Waals surface area (Å²) >= 11 is 0. The number of nitrogen functional groups attached to an aromatic ring is 1. The van der Waals surface area contributed by atoms with Crippen LogP contribution in [-0.4, -0.2) is 26.7 Å². The molecule has 2 heterocycles. The minimum atomic E-state index is -0.427. The number of anilines is 2. The minimum absolute atomic E-state index is 0.0540. The van der Waals surface area contributed by atoms with Crippen molar-refractivity contribution in [1.82, 2.24) is 14.5 Å². The van der Waals surface area contributed by atoms with Gasteiger partial charge in [0.1, 0.15) is 11.9 Å². The molecule has 1 saturated carbocycles. The molecule has 1 amide bonds. The van der Waals surface area contributed by atoms with Crippen molar-refractivity contribution in [2.75, 3.05) is 11.1 Å². The third-order valence-electron chi connectivity index (χ3n) is 6.13. The first-order valence-electron chi connectivity index (χ1n) is 11.5. The van der Waals surface area contributed by atoms with Crippen molar-refractivity contribution in [3.8, 4) is 23.0 Å². The summed E-state index contributed by atoms with van der Waals surface area (Å²) in [4.78, 5) is 20.4. The first kappa shape index (κ1) is 21.8. The number of aromatic nitrogens is 3. The fourth-order valence-corrected chi connectivity index (χ4v) is 4.19. The average molecular weight is 458 g/mol. The van der Waals surface area contributed by atoms with Gasteiger partial charge in [-0.3, -0.25) is 5.32 Å². The monoisotopic (exact) mass is 457 g/mol. The zero-order valence-electron chi connectivity index (χ0n) is 19.2. The lowest BCUT2D eigenvalue weighted by molar-refractivity contribution is 0.108. The Morgan fingerprint density at radius 2 is 1.91 bits per heavy atom. The molecule has 0 bridgehead atoms. The molecule has 0 saturated heterocycles. The van der Waals surface area contributed by atoms with Crippen molar-refractivity contribution >= 4 is 28.4 Å². The van der Waals surface area contributed by atoms with E-state index in [1.807, 2.05) is 49.4 Å². The number of nitrogens with zero attached hydrogens (tertiary/aromatic N) is 3. The SMILES string of the molecule is CCn1c(-c2ccc(NC(=O)O[C@H](C)C3CC3)cc2)c(N)c2ccc(Oc3ncccn3)cc21. The molecule has 4 aromatic rings. The Morgan fingerprint density at radius 3 is 2.59 bits per heavy atom. The van der Waals surface area contributed by atoms with E-state index in [0.717, 1.165) is 41.5 Å². The predicted molar refractivity (Wildman–Crippen MR) is 132 cm³/mol. The van der Waals surface area contributed by atoms with Crippen LogP contribution in [0.5, 0.6) is 11.8 Å². The van der Waals surface area contributed by atoms with Gasteiger partial charge in [-0.15, -0.1) is 0 Å². The van der Waals surface area contributed by atoms with Crippen molar-refractivity contribution in [2.45, 2.75) is 39.3 Å². The van der Waals surface area contributed by atoms with Crippen LogP contribution in [0.25, 0.3) is 22.2 Å². The van der Waals surface area contributed by atoms with Gasteiger partial charge in [0, 0.05) is 41.6 Å². The molecule has 0 unspecified atom stereocenters. The van der Waals surface area contributed by atoms with Gasteiger partial charge < -0.3 is 19.8 Å². The molecule has 3 N–H and O–H groups in total. The Kier molecular flexibility index (Phi) is 5.79. The van der Waals surface area contributed by atoms with Gasteiger partial charge >= 0.3 is 12.1 Å². The van der Waals surface area contributed by atoms with Crippen LogP contribution in [0.4, 0.5) is 16.2 Å². The second kappa shape index (κ2) is 9.05. The van der Waals surface area contributed by atoms with Gasteiger partial charge in [0.25, 0.3) is 0 Å². The van der Waals surface area contributed by atoms with Crippen molar-refractivity contribution < 1.29 is 14.3 Å². The third kappa shape index (κ3) is 4.39. The van der Waals surface area contributed by atoms with Gasteiger partial charge in [-0.2, -0.15) is 0 Å². The van der Waals surface area contributed by atoms with E-state index in [4.69, 9.17) is 15.2 Å². The van der Waals surface area contributed by atoms with Crippen molar-refractivity contribution in [1.29, 1.82) is 0 Å². The van der Waals surface area contributed by atoms with Crippen LogP contribution in [0, 0.1) is 5.92 Å². The predicted octanol–water partition coefficient (Wildman–Crippen LogP) is 5.84. The molecule has 1 aliphatic carbocycles. The maximum absolute atomic E-state index is 12.2. The fourth-order valence-electron chi connectivity index (χ4n) is 4.19. The van der Waals surface area contributed by atoms with E-state index in [0.29, 0.717) is 23.0 Å². The first-order chi connectivity index (χ1) is 16.5. The molecule has 0 aliphatic heterocycles. The van der Waals surface area contributed by atoms with Crippen LogP contribution in [0.2, 0.25) is 0 Å². The van der Waals surface area contributed by atoms with Gasteiger partial charge in [0.15, 0.2) is 0 Å². The number of nitrogens with two attached hydrogens (primary N) is 1. The quantitative estimate of drug-likeness (QED) is 0.361. The highest BCUT2D eigenvalue weighted by molar-refractivity contribution is 6.01. The lowest BCUT2D eigenvalue weighted by Gasteiger charge is -2.13. The number of hydrogen-bond acceptors (Lipinski definition) is 6. The Bertz CT molecular complexity index is 1310. The normalized spacial score (nSPS) is 14.1. The molecular formula is C26H27N5O3. The molecule has 0 spiro atoms. The zero-order valence-corrected chi connectivity index (χ0v) is 19.2. The molecule has 34 heavy (non-hydrogen) atoms. The second-order valence-corrected chi connectivity index (χ2v) is 8.47. The van der Waals surface area contributed by atoms with Crippen molar-refractivity contribution in [3.05, 3.63) is 60.9 Å². The summed E-state index contributed by atoms with van der Waals surface area (Å²) in [6.45, 7) is 4.74. The number of carbonyl (C=O) groups is 1. The van der Waals surface area contributed by atoms with E-state index in [-0.39, 0.29) is 12.1 Å². The van der Waals surface area contributed by atoms with Crippen LogP contribution >= 0.6 is 0 Å². The summed E-state index contributed by atoms with van der Waals surface area (Å²) in [6, 6.07) is 15.4. The van der Waals surface area contributed by atoms with E-state index < -0.39 is 6.09 Å². The lowest BCUT2D eigenvalue weighted by Crippen LogP contribution is -2.21. The molecule has 8 heteroatoms. The maximum atomic E-state index is 12.2. The Labute approximate surface area is 197 Å². The topological polar surface area (TPSA) is 104 Å². The second-order valence-electron chi connectivity index (χ2n) is 8.47. The highest BCUT2D eigenvalue weighted by Crippen LogP contribution is 2.38. The Hall–Kier alpha value is -4.07. The van der Waals surface area contributed by atoms with Gasteiger partial charge in [0.05, 0.1) is 16.9 Å². The summed E-state index contributed by atoms with van der Waals surface area (Å²) < 4.78 is 13.4. The third-order valence-corrected chi connectivity index (χ3v) is 6.13. The number of fused-ring (bicyclic) bond motifs is 1. The van der Waals surface area contributed by atoms with Gasteiger partial charge in [-0.1, -0.05) is 12.1 Å². The number of rotatable bonds is 7. The highest BCUT2D eigenvalue weighted by Gasteiger charge is 2.30. The summed E-state index contributed by atoms with van der Waals surface area (Å²) in [5.74, 6) is 1.13. The number of aryl methyl sites for hydroxylation is 1. The first-order valence-corrected chi connectivity index (χ1v) is 11.5. The number of hydrogen-bond donors (Lipinski definition) is 2. The standard InChI is InChI=1S/C26H27N5O3/c1-3-31-22-15-20(34-25-28-13-4-14-29-25)11-12-21(22)23(27)24(31)18-7-9-19(10-8-18)30-26(32)33-16(2)17-5-6-17/h4,7-17H,3,5-6,27H2,1-2H3,(H,30,32)/t16-/m1/s1. The Balaban J connectivity index is 1.40. The number of ether oxygens (including phenoxy) is 2. The molecule has 2 aromatic heterocycles. The van der Waals surface area contributed by atoms with E-state index in [2.05, 4.69) is 26.8 Å². The molecule has 1 atom stereocenters. The molecule has 8 nitrogen and oxygen atoms in total. The molecule has 5 rings (SSSR count). The van der Waals surface area contributed by atoms with E-state index >= 15 is 0 Å². The van der Waals surface area contributed by atoms with Crippen molar-refractivity contribution in [3.63, 3.8) is 0 Å². The van der Waals surface area contributed by atoms with E-state index in [1.54, 1.807) is 18.5 Å². The van der Waals surface area contributed by atoms with Crippen LogP contribution in [0.1, 0.15) is 26.7 Å². The molecule has 1 aliphatic rings. The number of amides is 1.